The van der Waals surface area contributed by atoms with Crippen molar-refractivity contribution in [3.63, 3.8) is 0 Å². The Morgan fingerprint density at radius 3 is 1.14 bits per heavy atom. The maximum absolute atomic E-state index is 8.52. The molecule has 6 heteroatoms. The van der Waals surface area contributed by atoms with Crippen molar-refractivity contribution in [2.75, 3.05) is 0 Å². The predicted molar refractivity (Wildman–Crippen MR) is 16.9 cm³/mol. The molecule has 0 unspecified atom stereocenters. The largest absolute Gasteiger partial charge is 3.00 e. The Balaban J connectivity index is -0.0000000800. The van der Waals surface area contributed by atoms with Crippen molar-refractivity contribution in [3.8, 4) is 0 Å². The van der Waals surface area contributed by atoms with E-state index in [1.165, 1.54) is 0 Å². The van der Waals surface area contributed by atoms with Gasteiger partial charge in [0.15, 0.2) is 0 Å². The standard InChI is InChI=1S/CH3.Fe.H2O4S/c;;1-5(2,3)4/h1H3;;(H2,1,2,3,4)/q-1;+3;/p-2. The van der Waals surface area contributed by atoms with E-state index in [1.54, 1.807) is 0 Å². The van der Waals surface area contributed by atoms with Crippen molar-refractivity contribution < 1.29 is 34.6 Å². The second kappa shape index (κ2) is 4.55. The Morgan fingerprint density at radius 1 is 1.14 bits per heavy atom. The quantitative estimate of drug-likeness (QED) is 0.203. The molecule has 0 saturated heterocycles. The number of rotatable bonds is 0. The summed E-state index contributed by atoms with van der Waals surface area (Å²) in [5, 5.41) is 0. The molecule has 0 heterocycles. The average molecular weight is 167 g/mol. The molecule has 0 aromatic rings. The molecule has 0 aliphatic carbocycles. The molecule has 0 aliphatic heterocycles. The van der Waals surface area contributed by atoms with E-state index in [9.17, 15) is 0 Å². The van der Waals surface area contributed by atoms with Crippen LogP contribution in [0.15, 0.2) is 0 Å². The summed E-state index contributed by atoms with van der Waals surface area (Å²) in [5.74, 6) is 0. The van der Waals surface area contributed by atoms with E-state index < -0.39 is 10.4 Å². The molecule has 0 bridgehead atoms. The fourth-order valence-corrected chi connectivity index (χ4v) is 0. The normalized spacial score (nSPS) is 8.29. The zero-order chi connectivity index (χ0) is 4.50. The summed E-state index contributed by atoms with van der Waals surface area (Å²) in [7, 11) is -5.17. The molecule has 0 aliphatic rings. The molecule has 0 fully saturated rings. The SMILES string of the molecule is O=S(=O)([O-])[O-].[CH3-].[Fe+3]. The van der Waals surface area contributed by atoms with Crippen LogP contribution >= 0.6 is 0 Å². The van der Waals surface area contributed by atoms with Crippen LogP contribution in [0.2, 0.25) is 0 Å². The van der Waals surface area contributed by atoms with Crippen molar-refractivity contribution in [2.45, 2.75) is 0 Å². The van der Waals surface area contributed by atoms with Gasteiger partial charge in [0.2, 0.25) is 0 Å². The predicted octanol–water partition coefficient (Wildman–Crippen LogP) is -0.890. The molecule has 0 saturated carbocycles. The Bertz CT molecular complexity index is 94.9. The zero-order valence-electron chi connectivity index (χ0n) is 3.39. The van der Waals surface area contributed by atoms with Crippen molar-refractivity contribution in [1.82, 2.24) is 0 Å². The second-order valence-electron chi connectivity index (χ2n) is 0.408. The minimum absolute atomic E-state index is 0. The first-order valence-electron chi connectivity index (χ1n) is 0.667. The van der Waals surface area contributed by atoms with E-state index in [0.717, 1.165) is 0 Å². The van der Waals surface area contributed by atoms with E-state index in [4.69, 9.17) is 17.5 Å². The third-order valence-corrected chi connectivity index (χ3v) is 0. The average Bonchev–Trinajstić information content (AvgIpc) is 0.722. The van der Waals surface area contributed by atoms with Gasteiger partial charge in [-0.3, -0.25) is 8.42 Å². The van der Waals surface area contributed by atoms with Crippen LogP contribution in [0.1, 0.15) is 0 Å². The number of hydrogen-bond acceptors (Lipinski definition) is 4. The van der Waals surface area contributed by atoms with Gasteiger partial charge in [0.05, 0.1) is 0 Å². The van der Waals surface area contributed by atoms with Gasteiger partial charge in [-0.05, 0) is 0 Å². The first kappa shape index (κ1) is 15.7. The van der Waals surface area contributed by atoms with Crippen LogP contribution < -0.4 is 0 Å². The van der Waals surface area contributed by atoms with Crippen molar-refractivity contribution in [1.29, 1.82) is 0 Å². The first-order chi connectivity index (χ1) is 2.00. The van der Waals surface area contributed by atoms with Crippen molar-refractivity contribution in [2.24, 2.45) is 0 Å². The minimum Gasteiger partial charge on any atom is -0.759 e. The molecular weight excluding hydrogens is 164 g/mol. The molecule has 7 heavy (non-hydrogen) atoms. The molecule has 0 atom stereocenters. The van der Waals surface area contributed by atoms with Gasteiger partial charge < -0.3 is 16.5 Å². The summed E-state index contributed by atoms with van der Waals surface area (Å²) >= 11 is 0. The van der Waals surface area contributed by atoms with Gasteiger partial charge >= 0.3 is 17.1 Å². The van der Waals surface area contributed by atoms with Gasteiger partial charge in [-0.1, -0.05) is 0 Å². The summed E-state index contributed by atoms with van der Waals surface area (Å²) in [5.41, 5.74) is 0. The Morgan fingerprint density at radius 2 is 1.14 bits per heavy atom. The molecule has 0 spiro atoms. The van der Waals surface area contributed by atoms with Gasteiger partial charge in [0.1, 0.15) is 0 Å². The summed E-state index contributed by atoms with van der Waals surface area (Å²) in [6.45, 7) is 0. The third-order valence-electron chi connectivity index (χ3n) is 0. The van der Waals surface area contributed by atoms with Gasteiger partial charge in [-0.15, -0.1) is 0 Å². The molecule has 0 rings (SSSR count). The van der Waals surface area contributed by atoms with E-state index in [1.807, 2.05) is 0 Å². The topological polar surface area (TPSA) is 80.3 Å². The van der Waals surface area contributed by atoms with Gasteiger partial charge in [-0.25, -0.2) is 0 Å². The summed E-state index contributed by atoms with van der Waals surface area (Å²) in [6.07, 6.45) is 0. The number of hydrogen-bond donors (Lipinski definition) is 0. The van der Waals surface area contributed by atoms with Gasteiger partial charge in [0, 0.05) is 10.4 Å². The van der Waals surface area contributed by atoms with Gasteiger partial charge in [0.25, 0.3) is 0 Å². The van der Waals surface area contributed by atoms with E-state index >= 15 is 0 Å². The van der Waals surface area contributed by atoms with Crippen LogP contribution in [0.4, 0.5) is 0 Å². The minimum atomic E-state index is -5.17. The van der Waals surface area contributed by atoms with Crippen LogP contribution in [0.25, 0.3) is 0 Å². The molecule has 45 valence electrons. The Hall–Kier alpha value is 0.389. The molecule has 1 radical (unpaired) electrons. The molecular formula is CH3FeO4S. The fourth-order valence-electron chi connectivity index (χ4n) is 0. The third kappa shape index (κ3) is 812. The van der Waals surface area contributed by atoms with Crippen LogP contribution in [-0.4, -0.2) is 17.5 Å². The summed E-state index contributed by atoms with van der Waals surface area (Å²) in [4.78, 5) is 0. The fraction of sp³-hybridized carbons (Fsp3) is 0. The van der Waals surface area contributed by atoms with E-state index in [-0.39, 0.29) is 24.5 Å². The smallest absolute Gasteiger partial charge is 0.759 e. The summed E-state index contributed by atoms with van der Waals surface area (Å²) in [6, 6.07) is 0. The van der Waals surface area contributed by atoms with Crippen LogP contribution in [-0.2, 0) is 27.5 Å². The first-order valence-corrected chi connectivity index (χ1v) is 2.00. The molecule has 0 aromatic heterocycles. The maximum atomic E-state index is 8.52. The van der Waals surface area contributed by atoms with Crippen molar-refractivity contribution >= 4 is 10.4 Å². The van der Waals surface area contributed by atoms with Crippen molar-refractivity contribution in [3.05, 3.63) is 7.43 Å². The molecule has 0 aromatic carbocycles. The monoisotopic (exact) mass is 167 g/mol. The molecule has 4 nitrogen and oxygen atoms in total. The van der Waals surface area contributed by atoms with Crippen LogP contribution in [0.5, 0.6) is 0 Å². The van der Waals surface area contributed by atoms with Crippen LogP contribution in [0, 0.1) is 7.43 Å². The molecule has 0 amide bonds. The van der Waals surface area contributed by atoms with Crippen LogP contribution in [0.3, 0.4) is 0 Å². The van der Waals surface area contributed by atoms with E-state index in [2.05, 4.69) is 0 Å². The summed E-state index contributed by atoms with van der Waals surface area (Å²) < 4.78 is 34.1. The zero-order valence-corrected chi connectivity index (χ0v) is 5.32. The Kier molecular flexibility index (Phi) is 10.2. The second-order valence-corrected chi connectivity index (χ2v) is 1.22. The Labute approximate surface area is 53.0 Å². The molecule has 0 N–H and O–H groups in total. The van der Waals surface area contributed by atoms with Gasteiger partial charge in [-0.2, -0.15) is 0 Å². The van der Waals surface area contributed by atoms with E-state index in [0.29, 0.717) is 0 Å². The maximum Gasteiger partial charge on any atom is 3.00 e.